The molecule has 7 nitrogen and oxygen atoms in total. The summed E-state index contributed by atoms with van der Waals surface area (Å²) >= 11 is 0. The summed E-state index contributed by atoms with van der Waals surface area (Å²) < 4.78 is 79.2. The van der Waals surface area contributed by atoms with Gasteiger partial charge in [0.1, 0.15) is 6.10 Å². The van der Waals surface area contributed by atoms with E-state index in [4.69, 9.17) is 14.2 Å². The predicted octanol–water partition coefficient (Wildman–Crippen LogP) is 1.26. The number of ether oxygens (including phenoxy) is 3. The lowest BCUT2D eigenvalue weighted by Gasteiger charge is -2.32. The minimum Gasteiger partial charge on any atom is -0.455 e. The first-order valence-corrected chi connectivity index (χ1v) is 8.12. The average Bonchev–Trinajstić information content (AvgIpc) is 2.82. The first-order valence-electron chi connectivity index (χ1n) is 6.71. The summed E-state index contributed by atoms with van der Waals surface area (Å²) in [5.41, 5.74) is -5.11. The Labute approximate surface area is 134 Å². The number of carbonyl (C=O) groups is 1. The van der Waals surface area contributed by atoms with Gasteiger partial charge in [0, 0.05) is 5.56 Å². The van der Waals surface area contributed by atoms with Crippen LogP contribution in [0.15, 0.2) is 30.3 Å². The van der Waals surface area contributed by atoms with Crippen LogP contribution >= 0.6 is 0 Å². The molecule has 0 radical (unpaired) electrons. The highest BCUT2D eigenvalue weighted by atomic mass is 32.2. The van der Waals surface area contributed by atoms with Crippen molar-refractivity contribution in [1.29, 1.82) is 0 Å². The van der Waals surface area contributed by atoms with E-state index in [9.17, 15) is 26.4 Å². The summed E-state index contributed by atoms with van der Waals surface area (Å²) in [6.45, 7) is -0.165. The van der Waals surface area contributed by atoms with Gasteiger partial charge in [-0.1, -0.05) is 30.3 Å². The number of benzene rings is 1. The second-order valence-corrected chi connectivity index (χ2v) is 6.63. The van der Waals surface area contributed by atoms with Gasteiger partial charge in [0.05, 0.1) is 6.61 Å². The molecule has 3 rings (SSSR count). The standard InChI is InChI=1S/C13H11F3O7S/c14-13(15,16)24(18,19)23-10-9-8(21-11(10)17)6-20-12(22-9)7-4-2-1-3-5-7/h1-5,8-10,12H,6H2/t8-,9+,10+,12?/m1/s1. The molecular formula is C13H11F3O7S. The van der Waals surface area contributed by atoms with Crippen LogP contribution in [0.2, 0.25) is 0 Å². The van der Waals surface area contributed by atoms with Crippen LogP contribution in [0.4, 0.5) is 13.2 Å². The number of esters is 1. The summed E-state index contributed by atoms with van der Waals surface area (Å²) in [7, 11) is -5.97. The van der Waals surface area contributed by atoms with Gasteiger partial charge in [-0.3, -0.25) is 0 Å². The molecule has 0 aliphatic carbocycles. The van der Waals surface area contributed by atoms with Crippen molar-refractivity contribution in [2.75, 3.05) is 6.61 Å². The fraction of sp³-hybridized carbons (Fsp3) is 0.462. The summed E-state index contributed by atoms with van der Waals surface area (Å²) in [4.78, 5) is 11.7. The smallest absolute Gasteiger partial charge is 0.455 e. The third-order valence-electron chi connectivity index (χ3n) is 3.44. The number of halogens is 3. The van der Waals surface area contributed by atoms with Crippen molar-refractivity contribution in [3.05, 3.63) is 35.9 Å². The lowest BCUT2D eigenvalue weighted by atomic mass is 10.1. The first-order chi connectivity index (χ1) is 11.2. The molecule has 0 amide bonds. The molecule has 11 heteroatoms. The Balaban J connectivity index is 1.80. The molecule has 0 bridgehead atoms. The van der Waals surface area contributed by atoms with Crippen molar-refractivity contribution in [1.82, 2.24) is 0 Å². The minimum absolute atomic E-state index is 0.165. The number of hydrogen-bond acceptors (Lipinski definition) is 7. The molecule has 2 saturated heterocycles. The molecular weight excluding hydrogens is 357 g/mol. The van der Waals surface area contributed by atoms with Crippen molar-refractivity contribution < 1.29 is 44.8 Å². The van der Waals surface area contributed by atoms with Crippen molar-refractivity contribution in [3.63, 3.8) is 0 Å². The average molecular weight is 368 g/mol. The SMILES string of the molecule is O=C1O[C@@H]2COC(c3ccccc3)O[C@@H]2[C@@H]1OS(=O)(=O)C(F)(F)F. The second-order valence-electron chi connectivity index (χ2n) is 5.07. The first kappa shape index (κ1) is 17.1. The van der Waals surface area contributed by atoms with Crippen LogP contribution in [0.25, 0.3) is 0 Å². The summed E-state index contributed by atoms with van der Waals surface area (Å²) in [6.07, 6.45) is -5.42. The van der Waals surface area contributed by atoms with Crippen molar-refractivity contribution >= 4 is 16.1 Å². The number of hydrogen-bond donors (Lipinski definition) is 0. The highest BCUT2D eigenvalue weighted by molar-refractivity contribution is 7.87. The predicted molar refractivity (Wildman–Crippen MR) is 69.7 cm³/mol. The molecule has 24 heavy (non-hydrogen) atoms. The third kappa shape index (κ3) is 3.11. The van der Waals surface area contributed by atoms with Gasteiger partial charge in [-0.25, -0.2) is 8.98 Å². The van der Waals surface area contributed by atoms with Gasteiger partial charge in [-0.15, -0.1) is 0 Å². The largest absolute Gasteiger partial charge is 0.523 e. The lowest BCUT2D eigenvalue weighted by Crippen LogP contribution is -2.45. The van der Waals surface area contributed by atoms with E-state index in [0.717, 1.165) is 0 Å². The van der Waals surface area contributed by atoms with Gasteiger partial charge in [0.25, 0.3) is 0 Å². The maximum Gasteiger partial charge on any atom is 0.523 e. The molecule has 0 aromatic heterocycles. The van der Waals surface area contributed by atoms with Crippen LogP contribution in [0.5, 0.6) is 0 Å². The van der Waals surface area contributed by atoms with Crippen molar-refractivity contribution in [2.45, 2.75) is 30.1 Å². The fourth-order valence-corrected chi connectivity index (χ4v) is 2.90. The topological polar surface area (TPSA) is 88.1 Å². The molecule has 2 heterocycles. The number of carbonyl (C=O) groups excluding carboxylic acids is 1. The molecule has 0 N–H and O–H groups in total. The molecule has 1 unspecified atom stereocenters. The number of rotatable bonds is 3. The molecule has 2 fully saturated rings. The van der Waals surface area contributed by atoms with Gasteiger partial charge in [0.2, 0.25) is 6.10 Å². The molecule has 4 atom stereocenters. The van der Waals surface area contributed by atoms with Crippen LogP contribution in [0.1, 0.15) is 11.9 Å². The van der Waals surface area contributed by atoms with E-state index in [0.29, 0.717) is 5.56 Å². The Bertz CT molecular complexity index is 719. The Hall–Kier alpha value is -1.69. The van der Waals surface area contributed by atoms with Crippen LogP contribution in [-0.4, -0.2) is 44.8 Å². The zero-order valence-corrected chi connectivity index (χ0v) is 12.6. The third-order valence-corrected chi connectivity index (χ3v) is 4.47. The molecule has 132 valence electrons. The van der Waals surface area contributed by atoms with Crippen molar-refractivity contribution in [3.8, 4) is 0 Å². The maximum absolute atomic E-state index is 12.4. The number of fused-ring (bicyclic) bond motifs is 1. The van der Waals surface area contributed by atoms with Gasteiger partial charge in [0.15, 0.2) is 12.4 Å². The van der Waals surface area contributed by atoms with E-state index < -0.39 is 46.2 Å². The van der Waals surface area contributed by atoms with Gasteiger partial charge < -0.3 is 14.2 Å². The van der Waals surface area contributed by atoms with Crippen LogP contribution in [0, 0.1) is 0 Å². The van der Waals surface area contributed by atoms with Crippen LogP contribution in [0.3, 0.4) is 0 Å². The molecule has 2 aliphatic rings. The van der Waals surface area contributed by atoms with E-state index in [1.807, 2.05) is 0 Å². The Morgan fingerprint density at radius 3 is 2.46 bits per heavy atom. The minimum atomic E-state index is -5.97. The Kier molecular flexibility index (Phi) is 4.28. The van der Waals surface area contributed by atoms with Crippen molar-refractivity contribution in [2.24, 2.45) is 0 Å². The Morgan fingerprint density at radius 2 is 1.83 bits per heavy atom. The van der Waals surface area contributed by atoms with E-state index >= 15 is 0 Å². The lowest BCUT2D eigenvalue weighted by molar-refractivity contribution is -0.250. The van der Waals surface area contributed by atoms with E-state index in [-0.39, 0.29) is 6.61 Å². The highest BCUT2D eigenvalue weighted by Gasteiger charge is 2.57. The summed E-state index contributed by atoms with van der Waals surface area (Å²) in [5.74, 6) is -1.25. The van der Waals surface area contributed by atoms with E-state index in [2.05, 4.69) is 4.18 Å². The maximum atomic E-state index is 12.4. The van der Waals surface area contributed by atoms with Crippen LogP contribution in [-0.2, 0) is 33.3 Å². The number of alkyl halides is 3. The quantitative estimate of drug-likeness (QED) is 0.451. The molecule has 1 aromatic rings. The molecule has 0 spiro atoms. The van der Waals surface area contributed by atoms with Gasteiger partial charge >= 0.3 is 21.6 Å². The highest BCUT2D eigenvalue weighted by Crippen LogP contribution is 2.36. The molecule has 0 saturated carbocycles. The van der Waals surface area contributed by atoms with Gasteiger partial charge in [-0.2, -0.15) is 21.6 Å². The Morgan fingerprint density at radius 1 is 1.17 bits per heavy atom. The molecule has 1 aromatic carbocycles. The summed E-state index contributed by atoms with van der Waals surface area (Å²) in [6, 6.07) is 8.40. The second kappa shape index (κ2) is 5.99. The monoisotopic (exact) mass is 368 g/mol. The van der Waals surface area contributed by atoms with Gasteiger partial charge in [-0.05, 0) is 0 Å². The summed E-state index contributed by atoms with van der Waals surface area (Å²) in [5, 5.41) is 0. The molecule has 2 aliphatic heterocycles. The van der Waals surface area contributed by atoms with E-state index in [1.165, 1.54) is 0 Å². The van der Waals surface area contributed by atoms with E-state index in [1.54, 1.807) is 30.3 Å². The van der Waals surface area contributed by atoms with Crippen LogP contribution < -0.4 is 0 Å². The zero-order chi connectivity index (χ0) is 17.5. The fourth-order valence-electron chi connectivity index (χ4n) is 2.33. The zero-order valence-electron chi connectivity index (χ0n) is 11.8. The normalized spacial score (nSPS) is 30.7.